The first-order valence-electron chi connectivity index (χ1n) is 2.12. The molecule has 44 valence electrons. The van der Waals surface area contributed by atoms with Crippen LogP contribution in [0.25, 0.3) is 0 Å². The van der Waals surface area contributed by atoms with Gasteiger partial charge in [-0.15, -0.1) is 0 Å². The predicted octanol–water partition coefficient (Wildman–Crippen LogP) is -0.613. The lowest BCUT2D eigenvalue weighted by Crippen LogP contribution is -2.39. The molecule has 1 atom stereocenters. The number of carbonyl (C=O) groups excluding carboxylic acids is 1. The summed E-state index contributed by atoms with van der Waals surface area (Å²) in [7, 11) is 0. The molecule has 1 saturated heterocycles. The first-order valence-corrected chi connectivity index (χ1v) is 2.12. The van der Waals surface area contributed by atoms with Gasteiger partial charge in [-0.25, -0.2) is 4.79 Å². The summed E-state index contributed by atoms with van der Waals surface area (Å²) in [5.41, 5.74) is 0. The third kappa shape index (κ3) is 0.641. The third-order valence-corrected chi connectivity index (χ3v) is 0.901. The zero-order valence-corrected chi connectivity index (χ0v) is 3.96. The lowest BCUT2D eigenvalue weighted by molar-refractivity contribution is -0.182. The second-order valence-electron chi connectivity index (χ2n) is 1.52. The summed E-state index contributed by atoms with van der Waals surface area (Å²) in [4.78, 5) is 19.8. The van der Waals surface area contributed by atoms with Gasteiger partial charge < -0.3 is 9.84 Å². The van der Waals surface area contributed by atoms with Crippen molar-refractivity contribution in [1.82, 2.24) is 0 Å². The minimum absolute atomic E-state index is 0.0231. The summed E-state index contributed by atoms with van der Waals surface area (Å²) < 4.78 is 4.16. The molecule has 4 nitrogen and oxygen atoms in total. The van der Waals surface area contributed by atoms with Crippen molar-refractivity contribution in [3.8, 4) is 0 Å². The Hall–Kier alpha value is -1.06. The van der Waals surface area contributed by atoms with Crippen LogP contribution in [-0.4, -0.2) is 23.1 Å². The highest BCUT2D eigenvalue weighted by molar-refractivity contribution is 5.88. The molecule has 8 heavy (non-hydrogen) atoms. The van der Waals surface area contributed by atoms with Crippen molar-refractivity contribution in [3.63, 3.8) is 0 Å². The lowest BCUT2D eigenvalue weighted by Gasteiger charge is -2.20. The van der Waals surface area contributed by atoms with E-state index in [2.05, 4.69) is 4.74 Å². The third-order valence-electron chi connectivity index (χ3n) is 0.901. The summed E-state index contributed by atoms with van der Waals surface area (Å²) >= 11 is 0. The van der Waals surface area contributed by atoms with Gasteiger partial charge in [-0.05, 0) is 0 Å². The van der Waals surface area contributed by atoms with Crippen LogP contribution in [-0.2, 0) is 14.3 Å². The fourth-order valence-electron chi connectivity index (χ4n) is 0.438. The van der Waals surface area contributed by atoms with Gasteiger partial charge in [-0.2, -0.15) is 0 Å². The molecule has 1 fully saturated rings. The first kappa shape index (κ1) is 5.08. The zero-order chi connectivity index (χ0) is 6.15. The molecule has 1 N–H and O–H groups in total. The molecule has 1 rings (SSSR count). The van der Waals surface area contributed by atoms with E-state index in [0.717, 1.165) is 0 Å². The topological polar surface area (TPSA) is 63.6 Å². The summed E-state index contributed by atoms with van der Waals surface area (Å²) in [6.45, 7) is 0. The quantitative estimate of drug-likeness (QED) is 0.464. The molecule has 0 amide bonds. The Kier molecular flexibility index (Phi) is 0.932. The zero-order valence-electron chi connectivity index (χ0n) is 3.96. The molecule has 1 aliphatic heterocycles. The highest BCUT2D eigenvalue weighted by Gasteiger charge is 2.34. The number of hydrogen-bond donors (Lipinski definition) is 1. The number of hydrogen-bond acceptors (Lipinski definition) is 3. The first-order chi connectivity index (χ1) is 3.70. The van der Waals surface area contributed by atoms with Crippen LogP contribution < -0.4 is 0 Å². The maximum Gasteiger partial charge on any atom is 0.345 e. The highest BCUT2D eigenvalue weighted by Crippen LogP contribution is 2.11. The van der Waals surface area contributed by atoms with Gasteiger partial charge in [0.15, 0.2) is 0 Å². The largest absolute Gasteiger partial charge is 0.478 e. The molecule has 0 radical (unpaired) electrons. The molecule has 0 aromatic rings. The van der Waals surface area contributed by atoms with Gasteiger partial charge in [0.1, 0.15) is 0 Å². The highest BCUT2D eigenvalue weighted by atomic mass is 16.6. The van der Waals surface area contributed by atoms with Crippen molar-refractivity contribution in [1.29, 1.82) is 0 Å². The van der Waals surface area contributed by atoms with Crippen LogP contribution in [0.1, 0.15) is 6.42 Å². The number of ether oxygens (including phenoxy) is 1. The maximum absolute atomic E-state index is 9.93. The molecule has 0 aromatic carbocycles. The minimum atomic E-state index is -1.07. The molecule has 0 spiro atoms. The van der Waals surface area contributed by atoms with E-state index < -0.39 is 18.0 Å². The monoisotopic (exact) mass is 116 g/mol. The smallest absolute Gasteiger partial charge is 0.345 e. The number of cyclic esters (lactones) is 1. The number of carbonyl (C=O) groups is 2. The number of rotatable bonds is 1. The maximum atomic E-state index is 9.93. The van der Waals surface area contributed by atoms with Gasteiger partial charge in [0.05, 0.1) is 6.42 Å². The van der Waals surface area contributed by atoms with Crippen molar-refractivity contribution in [2.45, 2.75) is 12.5 Å². The number of aliphatic carboxylic acids is 1. The van der Waals surface area contributed by atoms with E-state index in [1.165, 1.54) is 0 Å². The van der Waals surface area contributed by atoms with Crippen LogP contribution in [0.5, 0.6) is 0 Å². The number of carboxylic acid groups (broad SMARTS) is 1. The van der Waals surface area contributed by atoms with Crippen LogP contribution in [0.2, 0.25) is 0 Å². The molecule has 0 bridgehead atoms. The second-order valence-corrected chi connectivity index (χ2v) is 1.52. The molecule has 1 heterocycles. The fraction of sp³-hybridized carbons (Fsp3) is 0.500. The average molecular weight is 116 g/mol. The molecule has 0 saturated carbocycles. The minimum Gasteiger partial charge on any atom is -0.478 e. The van der Waals surface area contributed by atoms with Crippen LogP contribution >= 0.6 is 0 Å². The standard InChI is InChI=1S/C4H4O4/c5-3-1-2(8-3)4(6)7/h2H,1H2,(H,6,7)/t2-/m0/s1. The van der Waals surface area contributed by atoms with E-state index in [1.807, 2.05) is 0 Å². The van der Waals surface area contributed by atoms with Crippen LogP contribution in [0.3, 0.4) is 0 Å². The van der Waals surface area contributed by atoms with Crippen molar-refractivity contribution in [2.75, 3.05) is 0 Å². The number of esters is 1. The van der Waals surface area contributed by atoms with Crippen molar-refractivity contribution in [3.05, 3.63) is 0 Å². The van der Waals surface area contributed by atoms with Crippen molar-refractivity contribution < 1.29 is 19.4 Å². The van der Waals surface area contributed by atoms with Crippen molar-refractivity contribution >= 4 is 11.9 Å². The van der Waals surface area contributed by atoms with Gasteiger partial charge in [-0.1, -0.05) is 0 Å². The summed E-state index contributed by atoms with van der Waals surface area (Å²) in [6, 6.07) is 0. The Bertz CT molecular complexity index is 131. The predicted molar refractivity (Wildman–Crippen MR) is 22.1 cm³/mol. The molecular formula is C4H4O4. The second kappa shape index (κ2) is 1.47. The molecule has 0 aliphatic carbocycles. The Morgan fingerprint density at radius 3 is 2.50 bits per heavy atom. The summed E-state index contributed by atoms with van der Waals surface area (Å²) in [5, 5.41) is 8.07. The Morgan fingerprint density at radius 1 is 1.88 bits per heavy atom. The van der Waals surface area contributed by atoms with Crippen LogP contribution in [0, 0.1) is 0 Å². The SMILES string of the molecule is O=C1C[C@@H](C(=O)O)O1. The molecule has 4 heteroatoms. The van der Waals surface area contributed by atoms with Gasteiger partial charge >= 0.3 is 11.9 Å². The molecule has 0 unspecified atom stereocenters. The summed E-state index contributed by atoms with van der Waals surface area (Å²) in [6.07, 6.45) is -0.850. The average Bonchev–Trinajstić information content (AvgIpc) is 1.57. The van der Waals surface area contributed by atoms with Gasteiger partial charge in [0.2, 0.25) is 6.10 Å². The van der Waals surface area contributed by atoms with Crippen LogP contribution in [0.15, 0.2) is 0 Å². The van der Waals surface area contributed by atoms with E-state index in [4.69, 9.17) is 5.11 Å². The van der Waals surface area contributed by atoms with E-state index in [9.17, 15) is 9.59 Å². The number of carboxylic acids is 1. The fourth-order valence-corrected chi connectivity index (χ4v) is 0.438. The molecular weight excluding hydrogens is 112 g/mol. The molecule has 0 aromatic heterocycles. The van der Waals surface area contributed by atoms with E-state index in [-0.39, 0.29) is 6.42 Å². The molecule has 1 aliphatic rings. The Labute approximate surface area is 45.1 Å². The Balaban J connectivity index is 2.35. The lowest BCUT2D eigenvalue weighted by atomic mass is 10.2. The van der Waals surface area contributed by atoms with Gasteiger partial charge in [-0.3, -0.25) is 4.79 Å². The summed E-state index contributed by atoms with van der Waals surface area (Å²) in [5.74, 6) is -1.50. The van der Waals surface area contributed by atoms with Gasteiger partial charge in [0.25, 0.3) is 0 Å². The van der Waals surface area contributed by atoms with E-state index in [1.54, 1.807) is 0 Å². The Morgan fingerprint density at radius 2 is 2.38 bits per heavy atom. The van der Waals surface area contributed by atoms with E-state index in [0.29, 0.717) is 0 Å². The normalized spacial score (nSPS) is 26.0. The van der Waals surface area contributed by atoms with Crippen LogP contribution in [0.4, 0.5) is 0 Å². The van der Waals surface area contributed by atoms with Crippen molar-refractivity contribution in [2.24, 2.45) is 0 Å². The van der Waals surface area contributed by atoms with Gasteiger partial charge in [0, 0.05) is 0 Å². The van der Waals surface area contributed by atoms with E-state index >= 15 is 0 Å².